The highest BCUT2D eigenvalue weighted by molar-refractivity contribution is 6.01. The number of phenols is 1. The predicted molar refractivity (Wildman–Crippen MR) is 125 cm³/mol. The second-order valence-corrected chi connectivity index (χ2v) is 7.69. The zero-order chi connectivity index (χ0) is 23.7. The van der Waals surface area contributed by atoms with E-state index in [0.29, 0.717) is 11.4 Å². The summed E-state index contributed by atoms with van der Waals surface area (Å²) in [4.78, 5) is 38.3. The summed E-state index contributed by atoms with van der Waals surface area (Å²) in [6.07, 6.45) is -1.20. The molecule has 0 spiro atoms. The number of hydrogen-bond acceptors (Lipinski definition) is 5. The van der Waals surface area contributed by atoms with E-state index in [-0.39, 0.29) is 17.0 Å². The van der Waals surface area contributed by atoms with Crippen molar-refractivity contribution < 1.29 is 19.4 Å². The molecule has 4 aromatic rings. The highest BCUT2D eigenvalue weighted by Crippen LogP contribution is 2.26. The molecule has 0 fully saturated rings. The standard InChI is InChI=1S/C25H23N3O5/c1-15-22(24(31)28(27(15)3)19-11-5-4-6-12-19)26-23(30)16(2)33-25(32)20-13-17-9-7-8-10-18(17)14-21(20)29/h4-14,16,29H,1-3H3,(H,26,30). The molecule has 33 heavy (non-hydrogen) atoms. The van der Waals surface area contributed by atoms with Gasteiger partial charge >= 0.3 is 5.97 Å². The molecule has 1 atom stereocenters. The Morgan fingerprint density at radius 2 is 1.61 bits per heavy atom. The highest BCUT2D eigenvalue weighted by Gasteiger charge is 2.24. The summed E-state index contributed by atoms with van der Waals surface area (Å²) in [6.45, 7) is 3.11. The monoisotopic (exact) mass is 445 g/mol. The van der Waals surface area contributed by atoms with E-state index >= 15 is 0 Å². The summed E-state index contributed by atoms with van der Waals surface area (Å²) >= 11 is 0. The summed E-state index contributed by atoms with van der Waals surface area (Å²) in [5, 5.41) is 14.3. The van der Waals surface area contributed by atoms with Gasteiger partial charge in [0.05, 0.1) is 11.4 Å². The topological polar surface area (TPSA) is 103 Å². The van der Waals surface area contributed by atoms with Gasteiger partial charge in [-0.2, -0.15) is 0 Å². The largest absolute Gasteiger partial charge is 0.507 e. The number of nitrogens with one attached hydrogen (secondary N) is 1. The molecule has 0 radical (unpaired) electrons. The summed E-state index contributed by atoms with van der Waals surface area (Å²) in [7, 11) is 1.71. The maximum Gasteiger partial charge on any atom is 0.342 e. The van der Waals surface area contributed by atoms with Gasteiger partial charge in [-0.1, -0.05) is 42.5 Å². The van der Waals surface area contributed by atoms with Crippen LogP contribution < -0.4 is 10.9 Å². The molecular weight excluding hydrogens is 422 g/mol. The zero-order valence-corrected chi connectivity index (χ0v) is 18.4. The molecule has 1 unspecified atom stereocenters. The number of aromatic nitrogens is 2. The lowest BCUT2D eigenvalue weighted by Crippen LogP contribution is -2.32. The van der Waals surface area contributed by atoms with Crippen molar-refractivity contribution in [3.8, 4) is 11.4 Å². The maximum atomic E-state index is 13.0. The normalized spacial score (nSPS) is 11.8. The van der Waals surface area contributed by atoms with Crippen molar-refractivity contribution in [2.45, 2.75) is 20.0 Å². The van der Waals surface area contributed by atoms with Gasteiger partial charge in [-0.05, 0) is 48.9 Å². The van der Waals surface area contributed by atoms with Gasteiger partial charge in [-0.25, -0.2) is 9.48 Å². The number of para-hydroxylation sites is 1. The summed E-state index contributed by atoms with van der Waals surface area (Å²) in [5.74, 6) is -1.74. The van der Waals surface area contributed by atoms with Gasteiger partial charge < -0.3 is 15.2 Å². The molecule has 4 rings (SSSR count). The van der Waals surface area contributed by atoms with Crippen LogP contribution in [0.4, 0.5) is 5.69 Å². The van der Waals surface area contributed by atoms with E-state index in [1.54, 1.807) is 36.9 Å². The minimum atomic E-state index is -1.20. The van der Waals surface area contributed by atoms with Crippen molar-refractivity contribution in [2.24, 2.45) is 7.05 Å². The molecule has 0 aliphatic heterocycles. The second-order valence-electron chi connectivity index (χ2n) is 7.69. The number of nitrogens with zero attached hydrogens (tertiary/aromatic N) is 2. The maximum absolute atomic E-state index is 13.0. The Balaban J connectivity index is 1.54. The second kappa shape index (κ2) is 8.66. The third-order valence-corrected chi connectivity index (χ3v) is 5.54. The van der Waals surface area contributed by atoms with Gasteiger partial charge in [0, 0.05) is 7.05 Å². The van der Waals surface area contributed by atoms with E-state index in [9.17, 15) is 19.5 Å². The number of phenolic OH excluding ortho intramolecular Hbond substituents is 1. The van der Waals surface area contributed by atoms with Gasteiger partial charge in [-0.15, -0.1) is 0 Å². The SMILES string of the molecule is Cc1c(NC(=O)C(C)OC(=O)c2cc3ccccc3cc2O)c(=O)n(-c2ccccc2)n1C. The Bertz CT molecular complexity index is 1420. The zero-order valence-electron chi connectivity index (χ0n) is 18.4. The molecule has 168 valence electrons. The number of carbonyl (C=O) groups excluding carboxylic acids is 2. The fourth-order valence-corrected chi connectivity index (χ4v) is 3.61. The van der Waals surface area contributed by atoms with Crippen molar-refractivity contribution >= 4 is 28.3 Å². The first-order valence-electron chi connectivity index (χ1n) is 10.4. The van der Waals surface area contributed by atoms with E-state index < -0.39 is 23.5 Å². The van der Waals surface area contributed by atoms with E-state index in [2.05, 4.69) is 5.32 Å². The van der Waals surface area contributed by atoms with Gasteiger partial charge in [0.2, 0.25) is 0 Å². The van der Waals surface area contributed by atoms with Crippen LogP contribution in [0.1, 0.15) is 23.0 Å². The molecule has 0 aliphatic rings. The van der Waals surface area contributed by atoms with Crippen LogP contribution in [0.2, 0.25) is 0 Å². The Hall–Kier alpha value is -4.33. The number of carbonyl (C=O) groups is 2. The fourth-order valence-electron chi connectivity index (χ4n) is 3.61. The highest BCUT2D eigenvalue weighted by atomic mass is 16.5. The van der Waals surface area contributed by atoms with Gasteiger partial charge in [-0.3, -0.25) is 14.3 Å². The summed E-state index contributed by atoms with van der Waals surface area (Å²) in [5.41, 5.74) is 0.849. The van der Waals surface area contributed by atoms with Crippen LogP contribution in [0.25, 0.3) is 16.5 Å². The van der Waals surface area contributed by atoms with Crippen LogP contribution >= 0.6 is 0 Å². The molecule has 0 saturated heterocycles. The number of fused-ring (bicyclic) bond motifs is 1. The molecule has 0 aliphatic carbocycles. The van der Waals surface area contributed by atoms with Crippen molar-refractivity contribution in [2.75, 3.05) is 5.32 Å². The third kappa shape index (κ3) is 4.10. The number of anilines is 1. The molecule has 2 N–H and O–H groups in total. The lowest BCUT2D eigenvalue weighted by molar-refractivity contribution is -0.123. The Kier molecular flexibility index (Phi) is 5.74. The number of hydrogen-bond donors (Lipinski definition) is 2. The minimum absolute atomic E-state index is 0.0457. The van der Waals surface area contributed by atoms with E-state index in [1.165, 1.54) is 23.7 Å². The van der Waals surface area contributed by atoms with Crippen molar-refractivity contribution in [3.63, 3.8) is 0 Å². The van der Waals surface area contributed by atoms with Crippen LogP contribution in [-0.2, 0) is 16.6 Å². The van der Waals surface area contributed by atoms with Crippen LogP contribution in [0.3, 0.4) is 0 Å². The first kappa shape index (κ1) is 21.9. The third-order valence-electron chi connectivity index (χ3n) is 5.54. The molecular formula is C25H23N3O5. The lowest BCUT2D eigenvalue weighted by atomic mass is 10.1. The van der Waals surface area contributed by atoms with Crippen molar-refractivity contribution in [1.82, 2.24) is 9.36 Å². The van der Waals surface area contributed by atoms with Gasteiger partial charge in [0.25, 0.3) is 11.5 Å². The van der Waals surface area contributed by atoms with E-state index in [1.807, 2.05) is 36.4 Å². The van der Waals surface area contributed by atoms with Crippen LogP contribution in [0, 0.1) is 6.92 Å². The quantitative estimate of drug-likeness (QED) is 0.458. The van der Waals surface area contributed by atoms with Gasteiger partial charge in [0.1, 0.15) is 17.0 Å². The minimum Gasteiger partial charge on any atom is -0.507 e. The first-order chi connectivity index (χ1) is 15.8. The number of amides is 1. The molecule has 0 bridgehead atoms. The summed E-state index contributed by atoms with van der Waals surface area (Å²) < 4.78 is 8.35. The van der Waals surface area contributed by atoms with E-state index in [4.69, 9.17) is 4.74 Å². The molecule has 3 aromatic carbocycles. The fraction of sp³-hybridized carbons (Fsp3) is 0.160. The average Bonchev–Trinajstić information content (AvgIpc) is 3.02. The molecule has 0 saturated carbocycles. The number of ether oxygens (including phenoxy) is 1. The van der Waals surface area contributed by atoms with E-state index in [0.717, 1.165) is 10.8 Å². The van der Waals surface area contributed by atoms with Crippen LogP contribution in [0.15, 0.2) is 71.5 Å². The number of aromatic hydroxyl groups is 1. The van der Waals surface area contributed by atoms with Gasteiger partial charge in [0.15, 0.2) is 6.10 Å². The molecule has 8 heteroatoms. The molecule has 1 heterocycles. The predicted octanol–water partition coefficient (Wildman–Crippen LogP) is 3.53. The number of rotatable bonds is 5. The van der Waals surface area contributed by atoms with Crippen LogP contribution in [-0.4, -0.2) is 32.5 Å². The number of benzene rings is 3. The van der Waals surface area contributed by atoms with Crippen molar-refractivity contribution in [3.05, 3.63) is 88.3 Å². The Morgan fingerprint density at radius 1 is 1.00 bits per heavy atom. The van der Waals surface area contributed by atoms with Crippen LogP contribution in [0.5, 0.6) is 5.75 Å². The lowest BCUT2D eigenvalue weighted by Gasteiger charge is -2.14. The average molecular weight is 445 g/mol. The van der Waals surface area contributed by atoms with Crippen molar-refractivity contribution in [1.29, 1.82) is 0 Å². The Labute approximate surface area is 189 Å². The number of esters is 1. The molecule has 8 nitrogen and oxygen atoms in total. The molecule has 1 aromatic heterocycles. The summed E-state index contributed by atoms with van der Waals surface area (Å²) in [6, 6.07) is 19.3. The molecule has 1 amide bonds. The Morgan fingerprint density at radius 3 is 2.27 bits per heavy atom. The first-order valence-corrected chi connectivity index (χ1v) is 10.4. The smallest absolute Gasteiger partial charge is 0.342 e.